The number of carbonyl (C=O) groups excluding carboxylic acids is 4. The molecular weight excluding hydrogens is 835 g/mol. The minimum Gasteiger partial charge on any atom is -0.469 e. The molecule has 5 fully saturated rings. The molecule has 3 saturated heterocycles. The summed E-state index contributed by atoms with van der Waals surface area (Å²) in [5, 5.41) is 14.5. The van der Waals surface area contributed by atoms with Gasteiger partial charge in [0.2, 0.25) is 11.8 Å². The van der Waals surface area contributed by atoms with Crippen LogP contribution in [0.2, 0.25) is 5.15 Å². The maximum absolute atomic E-state index is 14.3. The molecule has 5 heterocycles. The van der Waals surface area contributed by atoms with Gasteiger partial charge in [-0.25, -0.2) is 14.8 Å². The van der Waals surface area contributed by atoms with E-state index in [9.17, 15) is 24.3 Å². The molecule has 3 amide bonds. The van der Waals surface area contributed by atoms with Crippen molar-refractivity contribution >= 4 is 58.4 Å². The summed E-state index contributed by atoms with van der Waals surface area (Å²) in [7, 11) is 2.58. The van der Waals surface area contributed by atoms with Crippen molar-refractivity contribution in [2.75, 3.05) is 27.4 Å². The Morgan fingerprint density at radius 3 is 2.03 bits per heavy atom. The molecule has 3 aromatic rings. The topological polar surface area (TPSA) is 176 Å². The maximum Gasteiger partial charge on any atom is 0.407 e. The predicted octanol–water partition coefficient (Wildman–Crippen LogP) is 6.90. The number of H-pyrrole nitrogens is 1. The van der Waals surface area contributed by atoms with Gasteiger partial charge in [-0.1, -0.05) is 71.7 Å². The average molecular weight is 888 g/mol. The van der Waals surface area contributed by atoms with Gasteiger partial charge in [-0.15, -0.1) is 0 Å². The molecule has 14 nitrogen and oxygen atoms in total. The number of nitrogens with one attached hydrogen (secondary N) is 2. The van der Waals surface area contributed by atoms with Crippen molar-refractivity contribution in [3.63, 3.8) is 0 Å². The van der Waals surface area contributed by atoms with Crippen molar-refractivity contribution in [3.05, 3.63) is 70.2 Å². The molecule has 9 rings (SSSR count). The van der Waals surface area contributed by atoms with Crippen molar-refractivity contribution in [3.8, 4) is 22.4 Å². The summed E-state index contributed by atoms with van der Waals surface area (Å²) in [4.78, 5) is 69.6. The molecule has 328 valence electrons. The lowest BCUT2D eigenvalue weighted by atomic mass is 9.86. The zero-order chi connectivity index (χ0) is 43.6. The second kappa shape index (κ2) is 16.7. The molecule has 0 bridgehead atoms. The number of alkyl carbamates (subject to hydrolysis) is 1. The van der Waals surface area contributed by atoms with Gasteiger partial charge in [0, 0.05) is 48.6 Å². The van der Waals surface area contributed by atoms with E-state index in [-0.39, 0.29) is 48.3 Å². The molecule has 16 heteroatoms. The summed E-state index contributed by atoms with van der Waals surface area (Å²) in [5.41, 5.74) is 4.68. The van der Waals surface area contributed by atoms with Crippen molar-refractivity contribution < 1.29 is 38.5 Å². The third-order valence-electron chi connectivity index (χ3n) is 13.9. The van der Waals surface area contributed by atoms with Crippen LogP contribution in [0.4, 0.5) is 4.79 Å². The van der Waals surface area contributed by atoms with Gasteiger partial charge in [-0.05, 0) is 86.8 Å². The second-order valence-electron chi connectivity index (χ2n) is 18.2. The van der Waals surface area contributed by atoms with E-state index in [2.05, 4.69) is 22.4 Å². The van der Waals surface area contributed by atoms with Crippen molar-refractivity contribution in [1.29, 1.82) is 0 Å². The van der Waals surface area contributed by atoms with Gasteiger partial charge in [0.05, 0.1) is 44.2 Å². The first-order valence-corrected chi connectivity index (χ1v) is 22.3. The van der Waals surface area contributed by atoms with Crippen LogP contribution in [0, 0.1) is 23.7 Å². The molecule has 62 heavy (non-hydrogen) atoms. The predicted molar refractivity (Wildman–Crippen MR) is 232 cm³/mol. The van der Waals surface area contributed by atoms with Gasteiger partial charge >= 0.3 is 12.1 Å². The monoisotopic (exact) mass is 886 g/mol. The van der Waals surface area contributed by atoms with E-state index in [4.69, 9.17) is 47.4 Å². The van der Waals surface area contributed by atoms with E-state index in [0.717, 1.165) is 52.8 Å². The average Bonchev–Trinajstić information content (AvgIpc) is 3.98. The number of aromatic nitrogens is 2. The molecule has 0 spiro atoms. The van der Waals surface area contributed by atoms with Crippen molar-refractivity contribution in [2.24, 2.45) is 28.7 Å². The molecule has 1 aromatic heterocycles. The number of allylic oxidation sites excluding steroid dienone is 1. The molecule has 3 N–H and O–H groups in total. The Bertz CT molecular complexity index is 2320. The zero-order valence-corrected chi connectivity index (χ0v) is 36.7. The number of aliphatic hydroxyl groups is 1. The van der Waals surface area contributed by atoms with E-state index < -0.39 is 29.6 Å². The highest BCUT2D eigenvalue weighted by Gasteiger charge is 2.58. The van der Waals surface area contributed by atoms with Crippen molar-refractivity contribution in [1.82, 2.24) is 25.1 Å². The quantitative estimate of drug-likeness (QED) is 0.129. The van der Waals surface area contributed by atoms with Crippen LogP contribution in [0.3, 0.4) is 0 Å². The van der Waals surface area contributed by atoms with Gasteiger partial charge in [0.15, 0.2) is 0 Å². The lowest BCUT2D eigenvalue weighted by Crippen LogP contribution is -2.56. The Morgan fingerprint density at radius 1 is 0.855 bits per heavy atom. The number of amides is 3. The summed E-state index contributed by atoms with van der Waals surface area (Å²) in [6.07, 6.45) is 4.43. The third-order valence-corrected chi connectivity index (χ3v) is 14.5. The number of methoxy groups -OCH3 is 2. The number of nitrogens with zero attached hydrogens (tertiary/aromatic N) is 4. The molecule has 4 aliphatic heterocycles. The molecular formula is C46H52Cl2N6O8. The lowest BCUT2D eigenvalue weighted by Gasteiger charge is -2.36. The number of benzene rings is 2. The number of likely N-dealkylation sites (tertiary alicyclic amines) is 2. The van der Waals surface area contributed by atoms with E-state index in [1.807, 2.05) is 41.3 Å². The van der Waals surface area contributed by atoms with Crippen LogP contribution < -0.4 is 5.32 Å². The highest BCUT2D eigenvalue weighted by molar-refractivity contribution is 6.35. The van der Waals surface area contributed by atoms with Gasteiger partial charge in [-0.2, -0.15) is 0 Å². The maximum atomic E-state index is 14.3. The number of rotatable bonds is 12. The number of halogens is 2. The Balaban J connectivity index is 0.866. The molecule has 8 atom stereocenters. The van der Waals surface area contributed by atoms with Crippen LogP contribution >= 0.6 is 23.2 Å². The third kappa shape index (κ3) is 8.15. The highest BCUT2D eigenvalue weighted by Crippen LogP contribution is 2.55. The zero-order valence-electron chi connectivity index (χ0n) is 35.2. The number of fused-ring (bicyclic) bond motifs is 2. The standard InChI is InChI=1S/C46H52Cl2N6O8/c1-46(2,59)31(22-37(55)60-3)43(56)54-34-18-29(34)20-36(54)42-50-38(41(48)52-42)26-11-7-24(8-12-26)23-5-9-25(10-6-23)30-21-32(49-40(30)47)35-19-28-17-33(28)53(35)44(57)39(51-45(58)61-4)27-13-15-62-16-14-27/h5-12,27-29,31,33-36,39,59H,13-22H2,1-4H3,(H,50,52)(H,51,58)/t28-,29-,31-,33-,34-,35+,36+,39+/m1/s1. The summed E-state index contributed by atoms with van der Waals surface area (Å²) in [6, 6.07) is 15.1. The number of esters is 1. The fourth-order valence-corrected chi connectivity index (χ4v) is 10.8. The second-order valence-corrected chi connectivity index (χ2v) is 18.9. The van der Waals surface area contributed by atoms with Crippen LogP contribution in [0.25, 0.3) is 28.0 Å². The smallest absolute Gasteiger partial charge is 0.407 e. The van der Waals surface area contributed by atoms with Gasteiger partial charge in [-0.3, -0.25) is 14.4 Å². The fraction of sp³-hybridized carbons (Fsp3) is 0.522. The Hall–Kier alpha value is -4.76. The number of hydrogen-bond acceptors (Lipinski definition) is 10. The Morgan fingerprint density at radius 2 is 1.44 bits per heavy atom. The summed E-state index contributed by atoms with van der Waals surface area (Å²) in [6.45, 7) is 4.18. The van der Waals surface area contributed by atoms with Crippen LogP contribution in [-0.4, -0.2) is 112 Å². The van der Waals surface area contributed by atoms with Gasteiger partial charge in [0.1, 0.15) is 27.9 Å². The normalized spacial score (nSPS) is 26.4. The molecule has 2 aliphatic carbocycles. The van der Waals surface area contributed by atoms with Crippen LogP contribution in [0.15, 0.2) is 58.7 Å². The molecule has 6 aliphatic rings. The fourth-order valence-electron chi connectivity index (χ4n) is 10.2. The largest absolute Gasteiger partial charge is 0.469 e. The minimum absolute atomic E-state index is 0.0286. The number of piperidine rings is 2. The van der Waals surface area contributed by atoms with Gasteiger partial charge in [0.25, 0.3) is 0 Å². The van der Waals surface area contributed by atoms with Crippen LogP contribution in [-0.2, 0) is 28.6 Å². The first-order valence-electron chi connectivity index (χ1n) is 21.5. The first-order chi connectivity index (χ1) is 29.7. The lowest BCUT2D eigenvalue weighted by molar-refractivity contribution is -0.155. The van der Waals surface area contributed by atoms with E-state index in [1.165, 1.54) is 28.1 Å². The number of ether oxygens (including phenoxy) is 3. The molecule has 2 aromatic carbocycles. The van der Waals surface area contributed by atoms with E-state index in [1.54, 1.807) is 4.90 Å². The number of aliphatic imine (C=N–C) groups is 1. The van der Waals surface area contributed by atoms with E-state index in [0.29, 0.717) is 72.6 Å². The Kier molecular flexibility index (Phi) is 11.5. The molecule has 2 saturated carbocycles. The summed E-state index contributed by atoms with van der Waals surface area (Å²) >= 11 is 13.6. The minimum atomic E-state index is -1.43. The molecule has 0 radical (unpaired) electrons. The number of imidazole rings is 1. The van der Waals surface area contributed by atoms with Crippen molar-refractivity contribution in [2.45, 2.75) is 101 Å². The van der Waals surface area contributed by atoms with Gasteiger partial charge < -0.3 is 39.4 Å². The number of aromatic amines is 1. The first kappa shape index (κ1) is 42.5. The SMILES string of the molecule is COC(=O)C[C@H](C(=O)N1[C@@H]2C[C@@H]2C[C@H]1c1nc(-c2ccc(-c3ccc(C4=C(Cl)N=C([C@@H]5C[C@H]6C[C@H]6N5C(=O)[C@@H](NC(=O)OC)C5CCOCC5)C4)cc3)cc2)c(Cl)[nH]1)C(C)(C)O. The highest BCUT2D eigenvalue weighted by atomic mass is 35.5. The summed E-state index contributed by atoms with van der Waals surface area (Å²) in [5.74, 6) is -0.630. The number of hydrogen-bond donors (Lipinski definition) is 3. The van der Waals surface area contributed by atoms with Crippen LogP contribution in [0.5, 0.6) is 0 Å². The van der Waals surface area contributed by atoms with E-state index >= 15 is 0 Å². The van der Waals surface area contributed by atoms with Crippen LogP contribution in [0.1, 0.15) is 82.6 Å². The Labute approximate surface area is 370 Å². The summed E-state index contributed by atoms with van der Waals surface area (Å²) < 4.78 is 15.3. The number of carbonyl (C=O) groups is 4. The molecule has 0 unspecified atom stereocenters.